The monoisotopic (exact) mass is 411 g/mol. The van der Waals surface area contributed by atoms with Gasteiger partial charge in [-0.1, -0.05) is 37.7 Å². The number of amides is 1. The number of thiophene rings is 1. The van der Waals surface area contributed by atoms with Crippen LogP contribution in [0.3, 0.4) is 0 Å². The average Bonchev–Trinajstić information content (AvgIpc) is 3.06. The number of aromatic nitrogens is 2. The van der Waals surface area contributed by atoms with Crippen LogP contribution >= 0.6 is 23.1 Å². The van der Waals surface area contributed by atoms with Gasteiger partial charge in [0.25, 0.3) is 0 Å². The van der Waals surface area contributed by atoms with E-state index in [0.717, 1.165) is 40.7 Å². The SMILES string of the molecule is CCc1ccc(NC(=O)C(C)Sc2ncnc3sc4c(c23)CCC(C)C4)cc1. The van der Waals surface area contributed by atoms with Gasteiger partial charge in [0, 0.05) is 16.0 Å². The molecule has 0 radical (unpaired) electrons. The molecule has 2 unspecified atom stereocenters. The normalized spacial score (nSPS) is 17.3. The highest BCUT2D eigenvalue weighted by Gasteiger charge is 2.25. The summed E-state index contributed by atoms with van der Waals surface area (Å²) in [6.07, 6.45) is 6.05. The van der Waals surface area contributed by atoms with Gasteiger partial charge in [-0.25, -0.2) is 9.97 Å². The van der Waals surface area contributed by atoms with E-state index in [4.69, 9.17) is 0 Å². The topological polar surface area (TPSA) is 54.9 Å². The van der Waals surface area contributed by atoms with Gasteiger partial charge in [0.15, 0.2) is 0 Å². The van der Waals surface area contributed by atoms with Gasteiger partial charge in [-0.15, -0.1) is 11.3 Å². The lowest BCUT2D eigenvalue weighted by molar-refractivity contribution is -0.115. The number of fused-ring (bicyclic) bond motifs is 3. The van der Waals surface area contributed by atoms with Crippen molar-refractivity contribution in [2.75, 3.05) is 5.32 Å². The summed E-state index contributed by atoms with van der Waals surface area (Å²) in [4.78, 5) is 24.2. The van der Waals surface area contributed by atoms with Crippen LogP contribution in [0.25, 0.3) is 10.2 Å². The average molecular weight is 412 g/mol. The number of anilines is 1. The molecule has 2 heterocycles. The quantitative estimate of drug-likeness (QED) is 0.445. The Morgan fingerprint density at radius 2 is 2.11 bits per heavy atom. The first-order chi connectivity index (χ1) is 13.5. The first-order valence-corrected chi connectivity index (χ1v) is 11.6. The highest BCUT2D eigenvalue weighted by Crippen LogP contribution is 2.41. The minimum absolute atomic E-state index is 0.00118. The summed E-state index contributed by atoms with van der Waals surface area (Å²) in [6.45, 7) is 6.38. The highest BCUT2D eigenvalue weighted by molar-refractivity contribution is 8.00. The molecule has 4 nitrogen and oxygen atoms in total. The third-order valence-corrected chi connectivity index (χ3v) is 7.61. The zero-order valence-electron chi connectivity index (χ0n) is 16.5. The first kappa shape index (κ1) is 19.4. The van der Waals surface area contributed by atoms with E-state index in [0.29, 0.717) is 0 Å². The summed E-state index contributed by atoms with van der Waals surface area (Å²) in [6, 6.07) is 8.04. The Hall–Kier alpha value is -1.92. The maximum absolute atomic E-state index is 12.7. The molecule has 4 rings (SSSR count). The molecule has 146 valence electrons. The minimum atomic E-state index is -0.234. The molecule has 1 N–H and O–H groups in total. The summed E-state index contributed by atoms with van der Waals surface area (Å²) >= 11 is 3.32. The van der Waals surface area contributed by atoms with Crippen LogP contribution in [-0.2, 0) is 24.1 Å². The van der Waals surface area contributed by atoms with Gasteiger partial charge in [0.05, 0.1) is 5.25 Å². The van der Waals surface area contributed by atoms with E-state index in [9.17, 15) is 4.79 Å². The van der Waals surface area contributed by atoms with Crippen LogP contribution in [0.4, 0.5) is 5.69 Å². The number of carbonyl (C=O) groups is 1. The number of aryl methyl sites for hydroxylation is 2. The number of carbonyl (C=O) groups excluding carboxylic acids is 1. The van der Waals surface area contributed by atoms with Gasteiger partial charge < -0.3 is 5.32 Å². The molecule has 2 atom stereocenters. The Morgan fingerprint density at radius 1 is 1.32 bits per heavy atom. The molecule has 0 saturated carbocycles. The number of rotatable bonds is 5. The molecule has 3 aromatic rings. The maximum atomic E-state index is 12.7. The van der Waals surface area contributed by atoms with Crippen molar-refractivity contribution in [1.82, 2.24) is 9.97 Å². The second kappa shape index (κ2) is 8.21. The number of hydrogen-bond acceptors (Lipinski definition) is 5. The van der Waals surface area contributed by atoms with Crippen molar-refractivity contribution in [2.45, 2.75) is 56.7 Å². The van der Waals surface area contributed by atoms with Crippen molar-refractivity contribution in [2.24, 2.45) is 5.92 Å². The Balaban J connectivity index is 1.53. The lowest BCUT2D eigenvalue weighted by Crippen LogP contribution is -2.22. The van der Waals surface area contributed by atoms with Crippen molar-refractivity contribution in [1.29, 1.82) is 0 Å². The number of nitrogens with zero attached hydrogens (tertiary/aromatic N) is 2. The smallest absolute Gasteiger partial charge is 0.237 e. The molecule has 1 amide bonds. The van der Waals surface area contributed by atoms with Crippen molar-refractivity contribution < 1.29 is 4.79 Å². The van der Waals surface area contributed by atoms with E-state index >= 15 is 0 Å². The van der Waals surface area contributed by atoms with Crippen molar-refractivity contribution >= 4 is 44.9 Å². The molecule has 28 heavy (non-hydrogen) atoms. The Bertz CT molecular complexity index is 997. The van der Waals surface area contributed by atoms with E-state index in [-0.39, 0.29) is 11.2 Å². The lowest BCUT2D eigenvalue weighted by atomic mass is 9.89. The Morgan fingerprint density at radius 3 is 2.86 bits per heavy atom. The van der Waals surface area contributed by atoms with Crippen LogP contribution in [0.15, 0.2) is 35.6 Å². The van der Waals surface area contributed by atoms with Crippen molar-refractivity contribution in [3.8, 4) is 0 Å². The molecule has 6 heteroatoms. The molecule has 0 fully saturated rings. The summed E-state index contributed by atoms with van der Waals surface area (Å²) in [5, 5.41) is 4.89. The van der Waals surface area contributed by atoms with E-state index < -0.39 is 0 Å². The number of nitrogens with one attached hydrogen (secondary N) is 1. The second-order valence-corrected chi connectivity index (χ2v) is 9.92. The molecule has 1 aromatic carbocycles. The number of hydrogen-bond donors (Lipinski definition) is 1. The molecule has 0 saturated heterocycles. The van der Waals surface area contributed by atoms with E-state index in [1.54, 1.807) is 17.7 Å². The summed E-state index contributed by atoms with van der Waals surface area (Å²) in [5.74, 6) is 0.729. The summed E-state index contributed by atoms with van der Waals surface area (Å²) < 4.78 is 0. The lowest BCUT2D eigenvalue weighted by Gasteiger charge is -2.18. The van der Waals surface area contributed by atoms with E-state index in [1.807, 2.05) is 19.1 Å². The van der Waals surface area contributed by atoms with Crippen molar-refractivity contribution in [3.05, 3.63) is 46.6 Å². The molecule has 2 aromatic heterocycles. The van der Waals surface area contributed by atoms with Gasteiger partial charge >= 0.3 is 0 Å². The fourth-order valence-corrected chi connectivity index (χ4v) is 5.99. The largest absolute Gasteiger partial charge is 0.325 e. The van der Waals surface area contributed by atoms with Crippen LogP contribution in [0, 0.1) is 5.92 Å². The first-order valence-electron chi connectivity index (χ1n) is 9.86. The fourth-order valence-electron chi connectivity index (χ4n) is 3.62. The van der Waals surface area contributed by atoms with Crippen LogP contribution in [-0.4, -0.2) is 21.1 Å². The van der Waals surface area contributed by atoms with Crippen molar-refractivity contribution in [3.63, 3.8) is 0 Å². The summed E-state index contributed by atoms with van der Waals surface area (Å²) in [5.41, 5.74) is 3.51. The van der Waals surface area contributed by atoms with Crippen LogP contribution < -0.4 is 5.32 Å². The molecular weight excluding hydrogens is 386 g/mol. The Kier molecular flexibility index (Phi) is 5.69. The minimum Gasteiger partial charge on any atom is -0.325 e. The van der Waals surface area contributed by atoms with Crippen LogP contribution in [0.2, 0.25) is 0 Å². The zero-order chi connectivity index (χ0) is 19.7. The molecule has 1 aliphatic rings. The van der Waals surface area contributed by atoms with E-state index in [1.165, 1.54) is 39.6 Å². The zero-order valence-corrected chi connectivity index (χ0v) is 18.1. The van der Waals surface area contributed by atoms with Gasteiger partial charge in [0.2, 0.25) is 5.91 Å². The maximum Gasteiger partial charge on any atom is 0.237 e. The molecule has 0 bridgehead atoms. The van der Waals surface area contributed by atoms with Crippen LogP contribution in [0.5, 0.6) is 0 Å². The molecule has 0 aliphatic heterocycles. The summed E-state index contributed by atoms with van der Waals surface area (Å²) in [7, 11) is 0. The predicted molar refractivity (Wildman–Crippen MR) is 118 cm³/mol. The van der Waals surface area contributed by atoms with Gasteiger partial charge in [-0.3, -0.25) is 4.79 Å². The highest BCUT2D eigenvalue weighted by atomic mass is 32.2. The van der Waals surface area contributed by atoms with Gasteiger partial charge in [-0.05, 0) is 61.8 Å². The molecule has 1 aliphatic carbocycles. The number of thioether (sulfide) groups is 1. The molecular formula is C22H25N3OS2. The second-order valence-electron chi connectivity index (χ2n) is 7.51. The third-order valence-electron chi connectivity index (χ3n) is 5.34. The Labute approximate surface area is 174 Å². The van der Waals surface area contributed by atoms with Crippen LogP contribution in [0.1, 0.15) is 43.2 Å². The third kappa shape index (κ3) is 3.94. The van der Waals surface area contributed by atoms with E-state index in [2.05, 4.69) is 41.3 Å². The number of benzene rings is 1. The predicted octanol–water partition coefficient (Wildman–Crippen LogP) is 5.50. The standard InChI is InChI=1S/C22H25N3OS2/c1-4-15-6-8-16(9-7-15)25-20(26)14(3)27-21-19-17-10-5-13(2)11-18(17)28-22(19)24-12-23-21/h6-9,12-14H,4-5,10-11H2,1-3H3,(H,25,26). The van der Waals surface area contributed by atoms with Gasteiger partial charge in [-0.2, -0.15) is 0 Å². The van der Waals surface area contributed by atoms with Gasteiger partial charge in [0.1, 0.15) is 16.2 Å². The fraction of sp³-hybridized carbons (Fsp3) is 0.409. The molecule has 0 spiro atoms.